The molecule has 1 aliphatic rings. The number of carbonyl (C=O) groups excluding carboxylic acids is 1. The standard InChI is InChI=1S/C20H27N5O4/c1-14-20(25(27)28)15(2)24(22-14)13-19(26)21-12-18(23-10-4-5-11-23)16-6-8-17(29-3)9-7-16/h6-9,18H,4-5,10-13H2,1-3H3,(H,21,26)/t18-/m0/s1. The van der Waals surface area contributed by atoms with E-state index in [1.54, 1.807) is 21.0 Å². The zero-order chi connectivity index (χ0) is 21.0. The lowest BCUT2D eigenvalue weighted by molar-refractivity contribution is -0.386. The van der Waals surface area contributed by atoms with E-state index in [1.807, 2.05) is 24.3 Å². The Balaban J connectivity index is 1.68. The van der Waals surface area contributed by atoms with Gasteiger partial charge in [0, 0.05) is 6.54 Å². The summed E-state index contributed by atoms with van der Waals surface area (Å²) in [6.45, 7) is 5.59. The van der Waals surface area contributed by atoms with E-state index in [1.165, 1.54) is 4.68 Å². The van der Waals surface area contributed by atoms with Gasteiger partial charge >= 0.3 is 5.69 Å². The molecule has 1 saturated heterocycles. The number of aryl methyl sites for hydroxylation is 1. The minimum Gasteiger partial charge on any atom is -0.497 e. The molecule has 1 fully saturated rings. The Kier molecular flexibility index (Phi) is 6.48. The maximum atomic E-state index is 12.5. The van der Waals surface area contributed by atoms with Crippen LogP contribution in [0.1, 0.15) is 35.8 Å². The van der Waals surface area contributed by atoms with Gasteiger partial charge in [-0.25, -0.2) is 0 Å². The molecular weight excluding hydrogens is 374 g/mol. The van der Waals surface area contributed by atoms with Crippen molar-refractivity contribution in [2.75, 3.05) is 26.7 Å². The number of methoxy groups -OCH3 is 1. The molecule has 156 valence electrons. The highest BCUT2D eigenvalue weighted by Crippen LogP contribution is 2.26. The number of amides is 1. The van der Waals surface area contributed by atoms with Crippen LogP contribution in [0.25, 0.3) is 0 Å². The van der Waals surface area contributed by atoms with E-state index in [9.17, 15) is 14.9 Å². The van der Waals surface area contributed by atoms with Gasteiger partial charge in [-0.15, -0.1) is 0 Å². The second kappa shape index (κ2) is 9.04. The summed E-state index contributed by atoms with van der Waals surface area (Å²) in [5, 5.41) is 18.3. The molecule has 0 spiro atoms. The third-order valence-electron chi connectivity index (χ3n) is 5.39. The number of nitrogens with zero attached hydrogens (tertiary/aromatic N) is 4. The first-order chi connectivity index (χ1) is 13.9. The molecule has 1 N–H and O–H groups in total. The quantitative estimate of drug-likeness (QED) is 0.538. The van der Waals surface area contributed by atoms with Crippen molar-refractivity contribution < 1.29 is 14.5 Å². The van der Waals surface area contributed by atoms with Crippen LogP contribution in [0.3, 0.4) is 0 Å². The summed E-state index contributed by atoms with van der Waals surface area (Å²) in [5.41, 5.74) is 1.78. The van der Waals surface area contributed by atoms with E-state index in [-0.39, 0.29) is 24.2 Å². The summed E-state index contributed by atoms with van der Waals surface area (Å²) in [5.74, 6) is 0.576. The smallest absolute Gasteiger partial charge is 0.312 e. The summed E-state index contributed by atoms with van der Waals surface area (Å²) < 4.78 is 6.63. The van der Waals surface area contributed by atoms with Crippen LogP contribution in [-0.4, -0.2) is 52.3 Å². The van der Waals surface area contributed by atoms with E-state index in [2.05, 4.69) is 15.3 Å². The SMILES string of the molecule is COc1ccc([C@H](CNC(=O)Cn2nc(C)c([N+](=O)[O-])c2C)N2CCCC2)cc1. The second-order valence-electron chi connectivity index (χ2n) is 7.27. The molecule has 2 heterocycles. The van der Waals surface area contributed by atoms with Crippen LogP contribution in [0.4, 0.5) is 5.69 Å². The average Bonchev–Trinajstić information content (AvgIpc) is 3.31. The Morgan fingerprint density at radius 1 is 1.28 bits per heavy atom. The lowest BCUT2D eigenvalue weighted by Gasteiger charge is -2.28. The zero-order valence-corrected chi connectivity index (χ0v) is 17.1. The highest BCUT2D eigenvalue weighted by atomic mass is 16.6. The molecule has 0 radical (unpaired) electrons. The molecule has 0 saturated carbocycles. The molecule has 0 unspecified atom stereocenters. The first-order valence-corrected chi connectivity index (χ1v) is 9.73. The Bertz CT molecular complexity index is 872. The second-order valence-corrected chi connectivity index (χ2v) is 7.27. The van der Waals surface area contributed by atoms with Crippen molar-refractivity contribution in [3.8, 4) is 5.75 Å². The highest BCUT2D eigenvalue weighted by Gasteiger charge is 2.25. The fourth-order valence-corrected chi connectivity index (χ4v) is 3.85. The van der Waals surface area contributed by atoms with Gasteiger partial charge in [0.2, 0.25) is 5.91 Å². The molecule has 1 amide bonds. The molecule has 1 aromatic heterocycles. The summed E-state index contributed by atoms with van der Waals surface area (Å²) in [4.78, 5) is 25.6. The zero-order valence-electron chi connectivity index (χ0n) is 17.1. The molecule has 3 rings (SSSR count). The Morgan fingerprint density at radius 3 is 2.48 bits per heavy atom. The summed E-state index contributed by atoms with van der Waals surface area (Å²) >= 11 is 0. The number of nitro groups is 1. The molecule has 2 aromatic rings. The molecule has 9 nitrogen and oxygen atoms in total. The summed E-state index contributed by atoms with van der Waals surface area (Å²) in [7, 11) is 1.64. The van der Waals surface area contributed by atoms with Crippen molar-refractivity contribution in [3.05, 3.63) is 51.3 Å². The maximum absolute atomic E-state index is 12.5. The fourth-order valence-electron chi connectivity index (χ4n) is 3.85. The van der Waals surface area contributed by atoms with Gasteiger partial charge in [0.05, 0.1) is 18.1 Å². The third-order valence-corrected chi connectivity index (χ3v) is 5.39. The highest BCUT2D eigenvalue weighted by molar-refractivity contribution is 5.76. The Hall–Kier alpha value is -2.94. The van der Waals surface area contributed by atoms with E-state index >= 15 is 0 Å². The summed E-state index contributed by atoms with van der Waals surface area (Å²) in [6.07, 6.45) is 2.30. The van der Waals surface area contributed by atoms with Gasteiger partial charge in [-0.05, 0) is 57.5 Å². The van der Waals surface area contributed by atoms with Crippen molar-refractivity contribution in [1.82, 2.24) is 20.0 Å². The number of rotatable bonds is 8. The molecule has 9 heteroatoms. The molecule has 1 atom stereocenters. The van der Waals surface area contributed by atoms with Gasteiger partial charge in [0.1, 0.15) is 23.7 Å². The van der Waals surface area contributed by atoms with Crippen molar-refractivity contribution in [2.45, 2.75) is 39.3 Å². The predicted octanol–water partition coefficient (Wildman–Crippen LogP) is 2.37. The van der Waals surface area contributed by atoms with E-state index < -0.39 is 4.92 Å². The number of benzene rings is 1. The third kappa shape index (κ3) is 4.73. The van der Waals surface area contributed by atoms with Crippen molar-refractivity contribution >= 4 is 11.6 Å². The first-order valence-electron chi connectivity index (χ1n) is 9.73. The van der Waals surface area contributed by atoms with E-state index in [0.717, 1.165) is 37.2 Å². The number of likely N-dealkylation sites (tertiary alicyclic amines) is 1. The van der Waals surface area contributed by atoms with Crippen molar-refractivity contribution in [3.63, 3.8) is 0 Å². The normalized spacial score (nSPS) is 15.3. The van der Waals surface area contributed by atoms with Crippen LogP contribution in [0.15, 0.2) is 24.3 Å². The number of aromatic nitrogens is 2. The molecule has 1 aliphatic heterocycles. The van der Waals surface area contributed by atoms with Crippen molar-refractivity contribution in [1.29, 1.82) is 0 Å². The number of ether oxygens (including phenoxy) is 1. The van der Waals surface area contributed by atoms with Gasteiger partial charge in [0.25, 0.3) is 0 Å². The number of carbonyl (C=O) groups is 1. The molecule has 0 bridgehead atoms. The molecule has 29 heavy (non-hydrogen) atoms. The Morgan fingerprint density at radius 2 is 1.93 bits per heavy atom. The number of hydrogen-bond donors (Lipinski definition) is 1. The van der Waals surface area contributed by atoms with Gasteiger partial charge in [-0.2, -0.15) is 5.10 Å². The summed E-state index contributed by atoms with van der Waals surface area (Å²) in [6, 6.07) is 7.98. The topological polar surface area (TPSA) is 103 Å². The predicted molar refractivity (Wildman–Crippen MR) is 108 cm³/mol. The lowest BCUT2D eigenvalue weighted by atomic mass is 10.1. The maximum Gasteiger partial charge on any atom is 0.312 e. The molecule has 0 aliphatic carbocycles. The van der Waals surface area contributed by atoms with Gasteiger partial charge < -0.3 is 10.1 Å². The minimum atomic E-state index is -0.459. The van der Waals surface area contributed by atoms with Gasteiger partial charge in [-0.1, -0.05) is 12.1 Å². The largest absolute Gasteiger partial charge is 0.497 e. The van der Waals surface area contributed by atoms with Crippen LogP contribution in [0.5, 0.6) is 5.75 Å². The monoisotopic (exact) mass is 401 g/mol. The van der Waals surface area contributed by atoms with Crippen LogP contribution in [0.2, 0.25) is 0 Å². The van der Waals surface area contributed by atoms with Crippen LogP contribution < -0.4 is 10.1 Å². The fraction of sp³-hybridized carbons (Fsp3) is 0.500. The number of hydrogen-bond acceptors (Lipinski definition) is 6. The number of nitrogens with one attached hydrogen (secondary N) is 1. The lowest BCUT2D eigenvalue weighted by Crippen LogP contribution is -2.38. The van der Waals surface area contributed by atoms with Crippen LogP contribution in [0, 0.1) is 24.0 Å². The van der Waals surface area contributed by atoms with Crippen LogP contribution in [-0.2, 0) is 11.3 Å². The van der Waals surface area contributed by atoms with Crippen molar-refractivity contribution in [2.24, 2.45) is 0 Å². The van der Waals surface area contributed by atoms with E-state index in [4.69, 9.17) is 4.74 Å². The van der Waals surface area contributed by atoms with E-state index in [0.29, 0.717) is 17.9 Å². The Labute approximate surface area is 169 Å². The van der Waals surface area contributed by atoms with Crippen LogP contribution >= 0.6 is 0 Å². The molecule has 1 aromatic carbocycles. The minimum absolute atomic E-state index is 0.0361. The van der Waals surface area contributed by atoms with Gasteiger partial charge in [0.15, 0.2) is 0 Å². The average molecular weight is 401 g/mol. The first kappa shape index (κ1) is 20.8. The molecular formula is C20H27N5O4. The van der Waals surface area contributed by atoms with Gasteiger partial charge in [-0.3, -0.25) is 24.5 Å².